The molecule has 1 unspecified atom stereocenters. The summed E-state index contributed by atoms with van der Waals surface area (Å²) in [6.07, 6.45) is 2.03. The molecule has 1 fully saturated rings. The van der Waals surface area contributed by atoms with E-state index >= 15 is 0 Å². The van der Waals surface area contributed by atoms with Gasteiger partial charge in [-0.1, -0.05) is 0 Å². The van der Waals surface area contributed by atoms with Crippen LogP contribution in [0, 0.1) is 5.92 Å². The van der Waals surface area contributed by atoms with Crippen molar-refractivity contribution in [3.05, 3.63) is 17.7 Å². The fraction of sp³-hybridized carbons (Fsp3) is 0.667. The molecule has 0 bridgehead atoms. The number of benzene rings is 1. The SMILES string of the molecule is CCNC(=NCc1cc(OC)c(OC)c(OC)c1)NCCCOCC1CCOC1. The van der Waals surface area contributed by atoms with E-state index in [1.807, 2.05) is 19.1 Å². The molecule has 1 saturated heterocycles. The minimum atomic E-state index is 0.490. The molecule has 1 atom stereocenters. The average Bonchev–Trinajstić information content (AvgIpc) is 3.26. The van der Waals surface area contributed by atoms with E-state index < -0.39 is 0 Å². The van der Waals surface area contributed by atoms with Gasteiger partial charge in [-0.15, -0.1) is 0 Å². The van der Waals surface area contributed by atoms with Crippen LogP contribution in [0.4, 0.5) is 0 Å². The number of nitrogens with one attached hydrogen (secondary N) is 2. The van der Waals surface area contributed by atoms with Crippen molar-refractivity contribution in [3.63, 3.8) is 0 Å². The number of ether oxygens (including phenoxy) is 5. The zero-order chi connectivity index (χ0) is 20.9. The maximum Gasteiger partial charge on any atom is 0.203 e. The van der Waals surface area contributed by atoms with E-state index in [4.69, 9.17) is 23.7 Å². The molecule has 8 nitrogen and oxygen atoms in total. The average molecular weight is 410 g/mol. The van der Waals surface area contributed by atoms with Gasteiger partial charge in [-0.05, 0) is 37.5 Å². The molecule has 8 heteroatoms. The topological polar surface area (TPSA) is 82.6 Å². The molecule has 1 aliphatic rings. The Hall–Kier alpha value is -2.19. The third-order valence-corrected chi connectivity index (χ3v) is 4.62. The normalized spacial score (nSPS) is 16.6. The summed E-state index contributed by atoms with van der Waals surface area (Å²) >= 11 is 0. The van der Waals surface area contributed by atoms with Crippen LogP contribution in [0.25, 0.3) is 0 Å². The number of rotatable bonds is 12. The van der Waals surface area contributed by atoms with E-state index in [1.54, 1.807) is 21.3 Å². The first kappa shape index (κ1) is 23.1. The van der Waals surface area contributed by atoms with Crippen LogP contribution in [0.2, 0.25) is 0 Å². The summed E-state index contributed by atoms with van der Waals surface area (Å²) in [6.45, 7) is 7.33. The van der Waals surface area contributed by atoms with Gasteiger partial charge in [0.25, 0.3) is 0 Å². The van der Waals surface area contributed by atoms with Crippen LogP contribution in [-0.2, 0) is 16.0 Å². The lowest BCUT2D eigenvalue weighted by Crippen LogP contribution is -2.38. The molecule has 29 heavy (non-hydrogen) atoms. The number of guanidine groups is 1. The van der Waals surface area contributed by atoms with Gasteiger partial charge in [0.15, 0.2) is 17.5 Å². The van der Waals surface area contributed by atoms with E-state index in [9.17, 15) is 0 Å². The molecule has 0 aliphatic carbocycles. The van der Waals surface area contributed by atoms with Gasteiger partial charge in [-0.25, -0.2) is 4.99 Å². The third-order valence-electron chi connectivity index (χ3n) is 4.62. The summed E-state index contributed by atoms with van der Waals surface area (Å²) in [5.41, 5.74) is 0.971. The van der Waals surface area contributed by atoms with Crippen LogP contribution >= 0.6 is 0 Å². The molecule has 164 valence electrons. The Balaban J connectivity index is 1.83. The van der Waals surface area contributed by atoms with Crippen LogP contribution in [0.15, 0.2) is 17.1 Å². The van der Waals surface area contributed by atoms with Gasteiger partial charge < -0.3 is 34.3 Å². The van der Waals surface area contributed by atoms with E-state index in [2.05, 4.69) is 15.6 Å². The Bertz CT molecular complexity index is 608. The molecule has 2 N–H and O–H groups in total. The Morgan fingerprint density at radius 3 is 2.48 bits per heavy atom. The predicted molar refractivity (Wildman–Crippen MR) is 113 cm³/mol. The second-order valence-electron chi connectivity index (χ2n) is 6.81. The highest BCUT2D eigenvalue weighted by atomic mass is 16.5. The number of nitrogens with zero attached hydrogens (tertiary/aromatic N) is 1. The van der Waals surface area contributed by atoms with Gasteiger partial charge in [0.2, 0.25) is 5.75 Å². The molecule has 1 aromatic carbocycles. The number of aliphatic imine (C=N–C) groups is 1. The number of hydrogen-bond donors (Lipinski definition) is 2. The van der Waals surface area contributed by atoms with Crippen molar-refractivity contribution in [2.45, 2.75) is 26.3 Å². The van der Waals surface area contributed by atoms with Crippen LogP contribution in [0.1, 0.15) is 25.3 Å². The second-order valence-corrected chi connectivity index (χ2v) is 6.81. The highest BCUT2D eigenvalue weighted by Crippen LogP contribution is 2.38. The Morgan fingerprint density at radius 1 is 1.14 bits per heavy atom. The number of hydrogen-bond acceptors (Lipinski definition) is 6. The fourth-order valence-electron chi connectivity index (χ4n) is 3.08. The molecule has 1 heterocycles. The summed E-state index contributed by atoms with van der Waals surface area (Å²) in [7, 11) is 4.81. The van der Waals surface area contributed by atoms with Crippen molar-refractivity contribution < 1.29 is 23.7 Å². The first-order valence-electron chi connectivity index (χ1n) is 10.2. The Labute approximate surface area is 173 Å². The van der Waals surface area contributed by atoms with Crippen molar-refractivity contribution in [2.24, 2.45) is 10.9 Å². The van der Waals surface area contributed by atoms with Gasteiger partial charge in [0, 0.05) is 32.2 Å². The Kier molecular flexibility index (Phi) is 10.4. The quantitative estimate of drug-likeness (QED) is 0.311. The van der Waals surface area contributed by atoms with Gasteiger partial charge >= 0.3 is 0 Å². The highest BCUT2D eigenvalue weighted by molar-refractivity contribution is 5.79. The van der Waals surface area contributed by atoms with Crippen LogP contribution < -0.4 is 24.8 Å². The minimum Gasteiger partial charge on any atom is -0.493 e. The summed E-state index contributed by atoms with van der Waals surface area (Å²) in [4.78, 5) is 4.66. The summed E-state index contributed by atoms with van der Waals surface area (Å²) in [6, 6.07) is 3.82. The molecule has 0 spiro atoms. The first-order chi connectivity index (χ1) is 14.2. The zero-order valence-corrected chi connectivity index (χ0v) is 18.1. The lowest BCUT2D eigenvalue weighted by Gasteiger charge is -2.14. The minimum absolute atomic E-state index is 0.490. The van der Waals surface area contributed by atoms with Gasteiger partial charge in [-0.2, -0.15) is 0 Å². The first-order valence-corrected chi connectivity index (χ1v) is 10.2. The largest absolute Gasteiger partial charge is 0.493 e. The highest BCUT2D eigenvalue weighted by Gasteiger charge is 2.15. The van der Waals surface area contributed by atoms with E-state index in [0.717, 1.165) is 63.9 Å². The van der Waals surface area contributed by atoms with Gasteiger partial charge in [0.05, 0.1) is 41.1 Å². The molecular formula is C21H35N3O5. The standard InChI is InChI=1S/C21H35N3O5/c1-5-22-21(23-8-6-9-28-14-16-7-10-29-15-16)24-13-17-11-18(25-2)20(27-4)19(12-17)26-3/h11-12,16H,5-10,13-15H2,1-4H3,(H2,22,23,24). The smallest absolute Gasteiger partial charge is 0.203 e. The summed E-state index contributed by atoms with van der Waals surface area (Å²) in [5.74, 6) is 3.15. The van der Waals surface area contributed by atoms with E-state index in [1.165, 1.54) is 0 Å². The van der Waals surface area contributed by atoms with Gasteiger partial charge in [0.1, 0.15) is 0 Å². The molecule has 2 rings (SSSR count). The molecule has 0 radical (unpaired) electrons. The van der Waals surface area contributed by atoms with E-state index in [0.29, 0.717) is 29.7 Å². The number of methoxy groups -OCH3 is 3. The monoisotopic (exact) mass is 409 g/mol. The molecule has 1 aliphatic heterocycles. The summed E-state index contributed by atoms with van der Waals surface area (Å²) < 4.78 is 27.3. The predicted octanol–water partition coefficient (Wildman–Crippen LogP) is 2.21. The van der Waals surface area contributed by atoms with Crippen LogP contribution in [0.3, 0.4) is 0 Å². The van der Waals surface area contributed by atoms with Crippen molar-refractivity contribution in [1.29, 1.82) is 0 Å². The van der Waals surface area contributed by atoms with E-state index in [-0.39, 0.29) is 0 Å². The van der Waals surface area contributed by atoms with Crippen LogP contribution in [-0.4, -0.2) is 66.8 Å². The third kappa shape index (κ3) is 7.62. The molecular weight excluding hydrogens is 374 g/mol. The van der Waals surface area contributed by atoms with Crippen LogP contribution in [0.5, 0.6) is 17.2 Å². The summed E-state index contributed by atoms with van der Waals surface area (Å²) in [5, 5.41) is 6.61. The second kappa shape index (κ2) is 13.1. The maximum atomic E-state index is 5.74. The lowest BCUT2D eigenvalue weighted by molar-refractivity contribution is 0.0888. The molecule has 0 saturated carbocycles. The zero-order valence-electron chi connectivity index (χ0n) is 18.1. The van der Waals surface area contributed by atoms with Crippen molar-refractivity contribution >= 4 is 5.96 Å². The molecule has 1 aromatic rings. The lowest BCUT2D eigenvalue weighted by atomic mass is 10.1. The van der Waals surface area contributed by atoms with Gasteiger partial charge in [-0.3, -0.25) is 0 Å². The maximum absolute atomic E-state index is 5.74. The van der Waals surface area contributed by atoms with Crippen molar-refractivity contribution in [3.8, 4) is 17.2 Å². The van der Waals surface area contributed by atoms with Crippen molar-refractivity contribution in [1.82, 2.24) is 10.6 Å². The molecule has 0 aromatic heterocycles. The van der Waals surface area contributed by atoms with Crippen molar-refractivity contribution in [2.75, 3.05) is 60.8 Å². The fourth-order valence-corrected chi connectivity index (χ4v) is 3.08. The molecule has 0 amide bonds. The Morgan fingerprint density at radius 2 is 1.90 bits per heavy atom.